The lowest BCUT2D eigenvalue weighted by molar-refractivity contribution is -0.124. The molecule has 1 saturated heterocycles. The number of nitrogens with zero attached hydrogens (tertiary/aromatic N) is 1. The van der Waals surface area contributed by atoms with Gasteiger partial charge in [0.1, 0.15) is 5.54 Å². The molecule has 1 unspecified atom stereocenters. The van der Waals surface area contributed by atoms with Crippen molar-refractivity contribution in [3.63, 3.8) is 0 Å². The van der Waals surface area contributed by atoms with Crippen LogP contribution in [0.2, 0.25) is 0 Å². The molecule has 0 bridgehead atoms. The van der Waals surface area contributed by atoms with Gasteiger partial charge < -0.3 is 11.1 Å². The fourth-order valence-corrected chi connectivity index (χ4v) is 3.96. The van der Waals surface area contributed by atoms with Crippen LogP contribution in [0.1, 0.15) is 36.0 Å². The summed E-state index contributed by atoms with van der Waals surface area (Å²) in [6.07, 6.45) is 7.47. The number of nitrogens with two attached hydrogens (primary N) is 1. The van der Waals surface area contributed by atoms with Crippen molar-refractivity contribution in [1.29, 1.82) is 0 Å². The van der Waals surface area contributed by atoms with Crippen LogP contribution in [0.15, 0.2) is 48.8 Å². The van der Waals surface area contributed by atoms with E-state index in [9.17, 15) is 4.79 Å². The quantitative estimate of drug-likeness (QED) is 0.670. The second-order valence-corrected chi connectivity index (χ2v) is 7.58. The van der Waals surface area contributed by atoms with Gasteiger partial charge in [-0.15, -0.1) is 0 Å². The molecule has 0 saturated carbocycles. The Morgan fingerprint density at radius 3 is 2.67 bits per heavy atom. The summed E-state index contributed by atoms with van der Waals surface area (Å²) in [7, 11) is 0. The van der Waals surface area contributed by atoms with Gasteiger partial charge in [0.15, 0.2) is 0 Å². The van der Waals surface area contributed by atoms with Crippen molar-refractivity contribution in [3.05, 3.63) is 65.5 Å². The van der Waals surface area contributed by atoms with Gasteiger partial charge in [-0.2, -0.15) is 0 Å². The number of aryl methyl sites for hydroxylation is 1. The molecule has 1 amide bonds. The zero-order valence-electron chi connectivity index (χ0n) is 16.1. The first-order valence-electron chi connectivity index (χ1n) is 9.82. The van der Waals surface area contributed by atoms with E-state index in [1.807, 2.05) is 37.3 Å². The third kappa shape index (κ3) is 4.93. The normalized spacial score (nSPS) is 17.4. The minimum Gasteiger partial charge on any atom is -0.368 e. The molecule has 4 N–H and O–H groups in total. The lowest BCUT2D eigenvalue weighted by Crippen LogP contribution is -2.55. The summed E-state index contributed by atoms with van der Waals surface area (Å²) < 4.78 is 0. The van der Waals surface area contributed by atoms with Gasteiger partial charge in [0.25, 0.3) is 0 Å². The Morgan fingerprint density at radius 2 is 2.00 bits per heavy atom. The van der Waals surface area contributed by atoms with Crippen molar-refractivity contribution >= 4 is 5.91 Å². The first-order chi connectivity index (χ1) is 13.1. The number of carbonyl (C=O) groups excluding carboxylic acids is 1. The summed E-state index contributed by atoms with van der Waals surface area (Å²) >= 11 is 0. The SMILES string of the molecule is Cc1cccc(C(Cc2ccncc2)(NCCC2CCNCC2)C(N)=O)c1. The monoisotopic (exact) mass is 366 g/mol. The number of nitrogens with one attached hydrogen (secondary N) is 2. The molecule has 0 spiro atoms. The largest absolute Gasteiger partial charge is 0.368 e. The lowest BCUT2D eigenvalue weighted by atomic mass is 9.82. The first kappa shape index (κ1) is 19.5. The molecule has 1 aromatic carbocycles. The van der Waals surface area contributed by atoms with Gasteiger partial charge in [0.05, 0.1) is 0 Å². The number of hydrogen-bond acceptors (Lipinski definition) is 4. The van der Waals surface area contributed by atoms with E-state index in [0.717, 1.165) is 42.7 Å². The van der Waals surface area contributed by atoms with Gasteiger partial charge >= 0.3 is 0 Å². The second kappa shape index (κ2) is 9.11. The van der Waals surface area contributed by atoms with Crippen LogP contribution in [0.25, 0.3) is 0 Å². The van der Waals surface area contributed by atoms with Crippen LogP contribution in [0.5, 0.6) is 0 Å². The van der Waals surface area contributed by atoms with Crippen LogP contribution in [-0.4, -0.2) is 30.5 Å². The average Bonchev–Trinajstić information content (AvgIpc) is 2.68. The first-order valence-corrected chi connectivity index (χ1v) is 9.82. The van der Waals surface area contributed by atoms with E-state index in [1.54, 1.807) is 12.4 Å². The molecule has 27 heavy (non-hydrogen) atoms. The third-order valence-corrected chi connectivity index (χ3v) is 5.59. The van der Waals surface area contributed by atoms with Crippen molar-refractivity contribution in [3.8, 4) is 0 Å². The van der Waals surface area contributed by atoms with Crippen molar-refractivity contribution in [1.82, 2.24) is 15.6 Å². The molecule has 2 aromatic rings. The average molecular weight is 367 g/mol. The summed E-state index contributed by atoms with van der Waals surface area (Å²) in [5.74, 6) is 0.359. The summed E-state index contributed by atoms with van der Waals surface area (Å²) in [5, 5.41) is 6.96. The number of hydrogen-bond donors (Lipinski definition) is 3. The van der Waals surface area contributed by atoms with Crippen LogP contribution in [-0.2, 0) is 16.8 Å². The number of rotatable bonds is 8. The third-order valence-electron chi connectivity index (χ3n) is 5.59. The van der Waals surface area contributed by atoms with Crippen LogP contribution < -0.4 is 16.4 Å². The highest BCUT2D eigenvalue weighted by atomic mass is 16.1. The van der Waals surface area contributed by atoms with Gasteiger partial charge in [-0.25, -0.2) is 0 Å². The highest BCUT2D eigenvalue weighted by Crippen LogP contribution is 2.27. The Hall–Kier alpha value is -2.24. The predicted octanol–water partition coefficient (Wildman–Crippen LogP) is 2.29. The maximum Gasteiger partial charge on any atom is 0.242 e. The molecule has 2 heterocycles. The van der Waals surface area contributed by atoms with E-state index in [0.29, 0.717) is 12.3 Å². The molecule has 1 aliphatic rings. The molecular weight excluding hydrogens is 336 g/mol. The van der Waals surface area contributed by atoms with E-state index >= 15 is 0 Å². The summed E-state index contributed by atoms with van der Waals surface area (Å²) in [5.41, 5.74) is 8.17. The molecule has 3 rings (SSSR count). The number of carbonyl (C=O) groups is 1. The number of primary amides is 1. The van der Waals surface area contributed by atoms with Crippen LogP contribution in [0.4, 0.5) is 0 Å². The molecular formula is C22H30N4O. The molecule has 1 atom stereocenters. The number of pyridine rings is 1. The Kier molecular flexibility index (Phi) is 6.58. The van der Waals surface area contributed by atoms with Crippen molar-refractivity contribution in [2.45, 2.75) is 38.1 Å². The molecule has 5 heteroatoms. The van der Waals surface area contributed by atoms with E-state index in [1.165, 1.54) is 12.8 Å². The Balaban J connectivity index is 1.84. The Bertz CT molecular complexity index is 743. The Labute approximate surface area is 161 Å². The predicted molar refractivity (Wildman–Crippen MR) is 108 cm³/mol. The van der Waals surface area contributed by atoms with Gasteiger partial charge in [-0.1, -0.05) is 29.8 Å². The molecule has 1 aromatic heterocycles. The summed E-state index contributed by atoms with van der Waals surface area (Å²) in [4.78, 5) is 16.8. The van der Waals surface area contributed by atoms with Gasteiger partial charge in [0, 0.05) is 18.8 Å². The van der Waals surface area contributed by atoms with Crippen molar-refractivity contribution in [2.75, 3.05) is 19.6 Å². The van der Waals surface area contributed by atoms with Crippen LogP contribution in [0, 0.1) is 12.8 Å². The molecule has 1 aliphatic heterocycles. The molecule has 0 radical (unpaired) electrons. The zero-order chi connectivity index (χ0) is 19.1. The lowest BCUT2D eigenvalue weighted by Gasteiger charge is -2.34. The molecule has 0 aliphatic carbocycles. The summed E-state index contributed by atoms with van der Waals surface area (Å²) in [6.45, 7) is 4.98. The van der Waals surface area contributed by atoms with Crippen molar-refractivity contribution in [2.24, 2.45) is 11.7 Å². The zero-order valence-corrected chi connectivity index (χ0v) is 16.1. The number of piperidine rings is 1. The molecule has 5 nitrogen and oxygen atoms in total. The number of aromatic nitrogens is 1. The van der Waals surface area contributed by atoms with Crippen LogP contribution in [0.3, 0.4) is 0 Å². The Morgan fingerprint density at radius 1 is 1.26 bits per heavy atom. The number of benzene rings is 1. The maximum absolute atomic E-state index is 12.8. The maximum atomic E-state index is 12.8. The number of amides is 1. The topological polar surface area (TPSA) is 80.0 Å². The second-order valence-electron chi connectivity index (χ2n) is 7.58. The van der Waals surface area contributed by atoms with Crippen molar-refractivity contribution < 1.29 is 4.79 Å². The van der Waals surface area contributed by atoms with E-state index in [2.05, 4.69) is 21.7 Å². The minimum absolute atomic E-state index is 0.338. The standard InChI is InChI=1S/C22H30N4O/c1-17-3-2-4-20(15-17)22(21(23)27,16-19-7-12-25-13-8-19)26-14-9-18-5-10-24-11-6-18/h2-4,7-8,12-13,15,18,24,26H,5-6,9-11,14,16H2,1H3,(H2,23,27). The van der Waals surface area contributed by atoms with Gasteiger partial charge in [-0.05, 0) is 75.0 Å². The highest BCUT2D eigenvalue weighted by Gasteiger charge is 2.38. The van der Waals surface area contributed by atoms with E-state index in [-0.39, 0.29) is 5.91 Å². The van der Waals surface area contributed by atoms with Crippen LogP contribution >= 0.6 is 0 Å². The fourth-order valence-electron chi connectivity index (χ4n) is 3.96. The fraction of sp³-hybridized carbons (Fsp3) is 0.455. The smallest absolute Gasteiger partial charge is 0.242 e. The van der Waals surface area contributed by atoms with Gasteiger partial charge in [0.2, 0.25) is 5.91 Å². The van der Waals surface area contributed by atoms with E-state index in [4.69, 9.17) is 5.73 Å². The summed E-state index contributed by atoms with van der Waals surface area (Å²) in [6, 6.07) is 12.0. The minimum atomic E-state index is -0.916. The highest BCUT2D eigenvalue weighted by molar-refractivity contribution is 5.86. The molecule has 144 valence electrons. The molecule has 1 fully saturated rings. The van der Waals surface area contributed by atoms with E-state index < -0.39 is 5.54 Å². The van der Waals surface area contributed by atoms with Gasteiger partial charge in [-0.3, -0.25) is 15.1 Å².